The van der Waals surface area contributed by atoms with Gasteiger partial charge in [-0.05, 0) is 30.2 Å². The van der Waals surface area contributed by atoms with Crippen molar-refractivity contribution in [2.24, 2.45) is 0 Å². The van der Waals surface area contributed by atoms with Crippen molar-refractivity contribution in [2.75, 3.05) is 0 Å². The Balaban J connectivity index is 1.77. The van der Waals surface area contributed by atoms with Gasteiger partial charge in [0.05, 0.1) is 5.52 Å². The molecule has 3 rings (SSSR count). The number of hydrogen-bond acceptors (Lipinski definition) is 1. The van der Waals surface area contributed by atoms with E-state index in [4.69, 9.17) is 0 Å². The van der Waals surface area contributed by atoms with Crippen LogP contribution in [0.4, 0.5) is 0 Å². The second-order valence-corrected chi connectivity index (χ2v) is 4.11. The number of nitrogens with zero attached hydrogens (tertiary/aromatic N) is 2. The number of benzene rings is 2. The summed E-state index contributed by atoms with van der Waals surface area (Å²) < 4.78 is 2.01. The smallest absolute Gasteiger partial charge is 0.0923 e. The van der Waals surface area contributed by atoms with Gasteiger partial charge in [-0.15, -0.1) is 0 Å². The number of aromatic nitrogens is 2. The molecule has 0 spiro atoms. The zero-order valence-electron chi connectivity index (χ0n) is 9.50. The van der Waals surface area contributed by atoms with E-state index < -0.39 is 0 Å². The van der Waals surface area contributed by atoms with E-state index in [1.807, 2.05) is 28.9 Å². The fraction of sp³-hybridized carbons (Fsp3) is 0.133. The van der Waals surface area contributed by atoms with Gasteiger partial charge in [0.25, 0.3) is 0 Å². The summed E-state index contributed by atoms with van der Waals surface area (Å²) in [6.45, 7) is 0.915. The normalized spacial score (nSPS) is 10.8. The molecule has 0 atom stereocenters. The molecule has 0 aliphatic rings. The van der Waals surface area contributed by atoms with Crippen LogP contribution in [-0.4, -0.2) is 9.78 Å². The third-order valence-corrected chi connectivity index (χ3v) is 2.87. The molecule has 17 heavy (non-hydrogen) atoms. The first-order chi connectivity index (χ1) is 8.42. The van der Waals surface area contributed by atoms with E-state index >= 15 is 0 Å². The topological polar surface area (TPSA) is 17.8 Å². The second kappa shape index (κ2) is 4.42. The molecule has 1 radical (unpaired) electrons. The third-order valence-electron chi connectivity index (χ3n) is 2.87. The van der Waals surface area contributed by atoms with E-state index in [1.165, 1.54) is 5.56 Å². The largest absolute Gasteiger partial charge is 0.271 e. The molecular formula is C15H13N2. The van der Waals surface area contributed by atoms with Crippen molar-refractivity contribution in [1.82, 2.24) is 9.78 Å². The molecule has 0 saturated heterocycles. The zero-order valence-corrected chi connectivity index (χ0v) is 9.50. The lowest BCUT2D eigenvalue weighted by molar-refractivity contribution is 0.621. The Morgan fingerprint density at radius 3 is 2.82 bits per heavy atom. The summed E-state index contributed by atoms with van der Waals surface area (Å²) in [5, 5.41) is 5.68. The van der Waals surface area contributed by atoms with E-state index in [0.717, 1.165) is 23.9 Å². The number of fused-ring (bicyclic) bond motifs is 1. The highest BCUT2D eigenvalue weighted by Crippen LogP contribution is 2.11. The number of hydrogen-bond donors (Lipinski definition) is 0. The standard InChI is InChI=1S/C15H13N2/c1-2-6-13(7-3-1)10-11-17-12-14-8-4-5-9-15(14)16-17/h1-3,5-9,12H,10-11H2. The Morgan fingerprint density at radius 2 is 2.00 bits per heavy atom. The molecule has 0 N–H and O–H groups in total. The van der Waals surface area contributed by atoms with E-state index in [1.54, 1.807) is 0 Å². The van der Waals surface area contributed by atoms with E-state index in [2.05, 4.69) is 41.6 Å². The van der Waals surface area contributed by atoms with Crippen molar-refractivity contribution in [3.8, 4) is 0 Å². The number of aryl methyl sites for hydroxylation is 2. The monoisotopic (exact) mass is 221 g/mol. The maximum atomic E-state index is 4.52. The van der Waals surface area contributed by atoms with Gasteiger partial charge in [-0.1, -0.05) is 36.4 Å². The average Bonchev–Trinajstić information content (AvgIpc) is 2.80. The first kappa shape index (κ1) is 10.1. The highest BCUT2D eigenvalue weighted by Gasteiger charge is 1.99. The Labute approximate surface area is 101 Å². The summed E-state index contributed by atoms with van der Waals surface area (Å²) in [6, 6.07) is 19.4. The molecule has 0 saturated carbocycles. The minimum atomic E-state index is 0.915. The van der Waals surface area contributed by atoms with Gasteiger partial charge in [-0.25, -0.2) is 0 Å². The van der Waals surface area contributed by atoms with Crippen molar-refractivity contribution >= 4 is 10.9 Å². The summed E-state index contributed by atoms with van der Waals surface area (Å²) in [6.07, 6.45) is 3.09. The van der Waals surface area contributed by atoms with Gasteiger partial charge in [0.1, 0.15) is 0 Å². The predicted octanol–water partition coefficient (Wildman–Crippen LogP) is 3.08. The van der Waals surface area contributed by atoms with Crippen LogP contribution in [-0.2, 0) is 13.0 Å². The van der Waals surface area contributed by atoms with Crippen molar-refractivity contribution in [3.05, 3.63) is 66.4 Å². The van der Waals surface area contributed by atoms with Crippen molar-refractivity contribution in [3.63, 3.8) is 0 Å². The first-order valence-corrected chi connectivity index (χ1v) is 5.79. The van der Waals surface area contributed by atoms with Crippen LogP contribution in [0.2, 0.25) is 0 Å². The molecule has 2 heteroatoms. The highest BCUT2D eigenvalue weighted by atomic mass is 15.3. The molecule has 0 fully saturated rings. The van der Waals surface area contributed by atoms with Gasteiger partial charge in [-0.3, -0.25) is 4.68 Å². The fourth-order valence-corrected chi connectivity index (χ4v) is 1.96. The molecule has 2 nitrogen and oxygen atoms in total. The highest BCUT2D eigenvalue weighted by molar-refractivity contribution is 5.77. The Kier molecular flexibility index (Phi) is 2.62. The molecule has 83 valence electrons. The summed E-state index contributed by atoms with van der Waals surface area (Å²) in [7, 11) is 0. The molecule has 3 aromatic rings. The van der Waals surface area contributed by atoms with Crippen LogP contribution in [0.25, 0.3) is 10.9 Å². The average molecular weight is 221 g/mol. The summed E-state index contributed by atoms with van der Waals surface area (Å²) >= 11 is 0. The molecule has 0 unspecified atom stereocenters. The van der Waals surface area contributed by atoms with Crippen LogP contribution in [0, 0.1) is 6.07 Å². The predicted molar refractivity (Wildman–Crippen MR) is 68.7 cm³/mol. The maximum Gasteiger partial charge on any atom is 0.0923 e. The number of rotatable bonds is 3. The van der Waals surface area contributed by atoms with Gasteiger partial charge in [-0.2, -0.15) is 5.10 Å². The lowest BCUT2D eigenvalue weighted by Gasteiger charge is -2.01. The molecule has 0 aliphatic carbocycles. The minimum absolute atomic E-state index is 0.915. The summed E-state index contributed by atoms with van der Waals surface area (Å²) in [4.78, 5) is 0. The molecule has 0 aliphatic heterocycles. The van der Waals surface area contributed by atoms with Crippen LogP contribution in [0.5, 0.6) is 0 Å². The summed E-state index contributed by atoms with van der Waals surface area (Å²) in [5.41, 5.74) is 2.38. The third kappa shape index (κ3) is 2.21. The van der Waals surface area contributed by atoms with Crippen molar-refractivity contribution in [2.45, 2.75) is 13.0 Å². The molecule has 0 bridgehead atoms. The molecule has 1 heterocycles. The van der Waals surface area contributed by atoms with Gasteiger partial charge >= 0.3 is 0 Å². The van der Waals surface area contributed by atoms with E-state index in [0.29, 0.717) is 0 Å². The van der Waals surface area contributed by atoms with Gasteiger partial charge in [0.2, 0.25) is 0 Å². The Morgan fingerprint density at radius 1 is 1.12 bits per heavy atom. The lowest BCUT2D eigenvalue weighted by Crippen LogP contribution is -2.01. The fourth-order valence-electron chi connectivity index (χ4n) is 1.96. The van der Waals surface area contributed by atoms with Crippen LogP contribution in [0.15, 0.2) is 54.7 Å². The Hall–Kier alpha value is -2.09. The summed E-state index contributed by atoms with van der Waals surface area (Å²) in [5.74, 6) is 0. The lowest BCUT2D eigenvalue weighted by atomic mass is 10.1. The first-order valence-electron chi connectivity index (χ1n) is 5.79. The van der Waals surface area contributed by atoms with Crippen LogP contribution < -0.4 is 0 Å². The Bertz CT molecular complexity index is 578. The quantitative estimate of drug-likeness (QED) is 0.664. The van der Waals surface area contributed by atoms with Crippen LogP contribution >= 0.6 is 0 Å². The minimum Gasteiger partial charge on any atom is -0.271 e. The molecule has 0 amide bonds. The SMILES string of the molecule is [c]1ccc2nn(CCc3ccccc3)cc2c1. The molecular weight excluding hydrogens is 208 g/mol. The second-order valence-electron chi connectivity index (χ2n) is 4.11. The zero-order chi connectivity index (χ0) is 11.5. The van der Waals surface area contributed by atoms with E-state index in [-0.39, 0.29) is 0 Å². The van der Waals surface area contributed by atoms with Gasteiger partial charge in [0, 0.05) is 18.1 Å². The van der Waals surface area contributed by atoms with Crippen molar-refractivity contribution in [1.29, 1.82) is 0 Å². The molecule has 1 aromatic heterocycles. The van der Waals surface area contributed by atoms with Crippen LogP contribution in [0.3, 0.4) is 0 Å². The van der Waals surface area contributed by atoms with Crippen molar-refractivity contribution < 1.29 is 0 Å². The maximum absolute atomic E-state index is 4.52. The molecule has 2 aromatic carbocycles. The van der Waals surface area contributed by atoms with Crippen LogP contribution in [0.1, 0.15) is 5.56 Å². The van der Waals surface area contributed by atoms with Gasteiger partial charge in [0.15, 0.2) is 0 Å². The van der Waals surface area contributed by atoms with Gasteiger partial charge < -0.3 is 0 Å². The van der Waals surface area contributed by atoms with E-state index in [9.17, 15) is 0 Å².